The molecule has 0 aliphatic rings. The fourth-order valence-corrected chi connectivity index (χ4v) is 8.83. The predicted octanol–water partition coefficient (Wildman–Crippen LogP) is 12.2. The van der Waals surface area contributed by atoms with E-state index in [1.807, 2.05) is 84.1 Å². The Morgan fingerprint density at radius 3 is 1.73 bits per heavy atom. The molecule has 5 nitrogen and oxygen atoms in total. The molecule has 0 atom stereocenters. The molecule has 7 aromatic carbocycles. The second-order valence-electron chi connectivity index (χ2n) is 12.8. The molecule has 238 valence electrons. The highest BCUT2D eigenvalue weighted by Crippen LogP contribution is 2.46. The minimum Gasteiger partial charge on any atom is -0.455 e. The van der Waals surface area contributed by atoms with Crippen molar-refractivity contribution in [3.8, 4) is 39.9 Å². The largest absolute Gasteiger partial charge is 0.455 e. The average molecular weight is 671 g/mol. The molecular formula is C45H26N4OS. The summed E-state index contributed by atoms with van der Waals surface area (Å²) in [5.41, 5.74) is 8.03. The molecule has 0 bridgehead atoms. The lowest BCUT2D eigenvalue weighted by Crippen LogP contribution is -2.00. The summed E-state index contributed by atoms with van der Waals surface area (Å²) >= 11 is 1.81. The van der Waals surface area contributed by atoms with Gasteiger partial charge in [0.25, 0.3) is 0 Å². The van der Waals surface area contributed by atoms with Gasteiger partial charge in [0.05, 0.1) is 21.4 Å². The molecule has 0 aliphatic heterocycles. The zero-order chi connectivity index (χ0) is 33.5. The lowest BCUT2D eigenvalue weighted by atomic mass is 10.0. The van der Waals surface area contributed by atoms with Crippen molar-refractivity contribution < 1.29 is 4.42 Å². The van der Waals surface area contributed by atoms with Gasteiger partial charge in [-0.3, -0.25) is 0 Å². The number of rotatable bonds is 4. The van der Waals surface area contributed by atoms with Crippen LogP contribution in [0.2, 0.25) is 0 Å². The van der Waals surface area contributed by atoms with Crippen LogP contribution in [0.5, 0.6) is 0 Å². The molecule has 51 heavy (non-hydrogen) atoms. The normalized spacial score (nSPS) is 11.9. The molecule has 0 amide bonds. The van der Waals surface area contributed by atoms with Crippen LogP contribution in [0.15, 0.2) is 162 Å². The van der Waals surface area contributed by atoms with Gasteiger partial charge in [-0.1, -0.05) is 121 Å². The zero-order valence-electron chi connectivity index (χ0n) is 27.1. The van der Waals surface area contributed by atoms with E-state index in [9.17, 15) is 0 Å². The van der Waals surface area contributed by atoms with Gasteiger partial charge in [0.1, 0.15) is 11.2 Å². The molecule has 0 aliphatic carbocycles. The van der Waals surface area contributed by atoms with Gasteiger partial charge < -0.3 is 8.98 Å². The molecule has 11 aromatic rings. The number of benzene rings is 7. The molecule has 0 saturated heterocycles. The van der Waals surface area contributed by atoms with E-state index in [4.69, 9.17) is 19.4 Å². The second-order valence-corrected chi connectivity index (χ2v) is 13.8. The van der Waals surface area contributed by atoms with Crippen LogP contribution in [0, 0.1) is 0 Å². The minimum absolute atomic E-state index is 0.611. The van der Waals surface area contributed by atoms with E-state index in [-0.39, 0.29) is 0 Å². The standard InChI is InChI=1S/C45H26N4OS/c1-3-13-27(14-4-1)43-46-44(28-15-5-2-6-16-28)48-45(47-43)33-20-12-24-37-39(33)31-25-26-38-40(41(31)50-37)32-19-11-23-36(42(32)51-38)49-34-21-9-7-17-29(34)30-18-8-10-22-35(30)49/h1-26H. The van der Waals surface area contributed by atoms with Gasteiger partial charge >= 0.3 is 0 Å². The third-order valence-corrected chi connectivity index (χ3v) is 11.1. The lowest BCUT2D eigenvalue weighted by molar-refractivity contribution is 0.673. The van der Waals surface area contributed by atoms with Crippen molar-refractivity contribution in [3.05, 3.63) is 158 Å². The van der Waals surface area contributed by atoms with Gasteiger partial charge in [-0.05, 0) is 36.4 Å². The fraction of sp³-hybridized carbons (Fsp3) is 0. The molecule has 4 heterocycles. The summed E-state index contributed by atoms with van der Waals surface area (Å²) in [5, 5.41) is 6.85. The Morgan fingerprint density at radius 1 is 0.451 bits per heavy atom. The van der Waals surface area contributed by atoms with E-state index in [2.05, 4.69) is 89.5 Å². The number of para-hydroxylation sites is 2. The van der Waals surface area contributed by atoms with Crippen molar-refractivity contribution >= 4 is 75.3 Å². The van der Waals surface area contributed by atoms with Crippen LogP contribution >= 0.6 is 11.3 Å². The van der Waals surface area contributed by atoms with Crippen LogP contribution in [0.25, 0.3) is 104 Å². The van der Waals surface area contributed by atoms with Gasteiger partial charge in [-0.25, -0.2) is 15.0 Å². The highest BCUT2D eigenvalue weighted by Gasteiger charge is 2.22. The maximum Gasteiger partial charge on any atom is 0.164 e. The molecular weight excluding hydrogens is 645 g/mol. The summed E-state index contributed by atoms with van der Waals surface area (Å²) in [6.07, 6.45) is 0. The first-order valence-electron chi connectivity index (χ1n) is 17.0. The molecule has 4 aromatic heterocycles. The number of thiophene rings is 1. The van der Waals surface area contributed by atoms with Crippen molar-refractivity contribution in [1.82, 2.24) is 19.5 Å². The van der Waals surface area contributed by atoms with E-state index < -0.39 is 0 Å². The number of aromatic nitrogens is 4. The lowest BCUT2D eigenvalue weighted by Gasteiger charge is -2.09. The summed E-state index contributed by atoms with van der Waals surface area (Å²) < 4.78 is 11.6. The van der Waals surface area contributed by atoms with Gasteiger partial charge in [0.15, 0.2) is 17.5 Å². The number of hydrogen-bond acceptors (Lipinski definition) is 5. The number of hydrogen-bond donors (Lipinski definition) is 0. The Kier molecular flexibility index (Phi) is 6.05. The SMILES string of the molecule is c1ccc(-c2nc(-c3ccccc3)nc(-c3cccc4oc5c(ccc6sc7c(-n8c9ccccc9c9ccccc98)cccc7c65)c34)n2)cc1. The summed E-state index contributed by atoms with van der Waals surface area (Å²) in [6, 6.07) is 54.7. The smallest absolute Gasteiger partial charge is 0.164 e. The summed E-state index contributed by atoms with van der Waals surface area (Å²) in [5.74, 6) is 1.88. The Balaban J connectivity index is 1.17. The molecule has 11 rings (SSSR count). The summed E-state index contributed by atoms with van der Waals surface area (Å²) in [4.78, 5) is 15.0. The van der Waals surface area contributed by atoms with Crippen molar-refractivity contribution in [2.75, 3.05) is 0 Å². The van der Waals surface area contributed by atoms with E-state index in [0.717, 1.165) is 44.0 Å². The van der Waals surface area contributed by atoms with Crippen LogP contribution in [-0.4, -0.2) is 19.5 Å². The van der Waals surface area contributed by atoms with Crippen molar-refractivity contribution in [2.24, 2.45) is 0 Å². The monoisotopic (exact) mass is 670 g/mol. The van der Waals surface area contributed by atoms with Crippen LogP contribution in [0.1, 0.15) is 0 Å². The predicted molar refractivity (Wildman–Crippen MR) is 211 cm³/mol. The molecule has 0 N–H and O–H groups in total. The first-order valence-corrected chi connectivity index (χ1v) is 17.8. The first-order chi connectivity index (χ1) is 25.3. The third kappa shape index (κ3) is 4.24. The van der Waals surface area contributed by atoms with E-state index in [1.54, 1.807) is 0 Å². The summed E-state index contributed by atoms with van der Waals surface area (Å²) in [7, 11) is 0. The second kappa shape index (κ2) is 10.9. The number of nitrogens with zero attached hydrogens (tertiary/aromatic N) is 4. The Hall–Kier alpha value is -6.63. The van der Waals surface area contributed by atoms with Crippen LogP contribution < -0.4 is 0 Å². The van der Waals surface area contributed by atoms with Gasteiger partial charge in [-0.15, -0.1) is 11.3 Å². The van der Waals surface area contributed by atoms with Gasteiger partial charge in [0, 0.05) is 53.7 Å². The molecule has 0 radical (unpaired) electrons. The Bertz CT molecular complexity index is 3030. The highest BCUT2D eigenvalue weighted by atomic mass is 32.1. The van der Waals surface area contributed by atoms with Gasteiger partial charge in [-0.2, -0.15) is 0 Å². The maximum absolute atomic E-state index is 6.82. The third-order valence-electron chi connectivity index (χ3n) is 9.86. The van der Waals surface area contributed by atoms with Crippen molar-refractivity contribution in [3.63, 3.8) is 0 Å². The molecule has 6 heteroatoms. The maximum atomic E-state index is 6.82. The van der Waals surface area contributed by atoms with Crippen molar-refractivity contribution in [1.29, 1.82) is 0 Å². The number of fused-ring (bicyclic) bond motifs is 10. The molecule has 0 unspecified atom stereocenters. The minimum atomic E-state index is 0.611. The van der Waals surface area contributed by atoms with Gasteiger partial charge in [0.2, 0.25) is 0 Å². The quantitative estimate of drug-likeness (QED) is 0.187. The van der Waals surface area contributed by atoms with E-state index in [1.165, 1.54) is 42.3 Å². The zero-order valence-corrected chi connectivity index (χ0v) is 27.9. The fourth-order valence-electron chi connectivity index (χ4n) is 7.62. The topological polar surface area (TPSA) is 56.7 Å². The number of furan rings is 1. The van der Waals surface area contributed by atoms with Crippen LogP contribution in [0.4, 0.5) is 0 Å². The molecule has 0 spiro atoms. The molecule has 0 fully saturated rings. The summed E-state index contributed by atoms with van der Waals surface area (Å²) in [6.45, 7) is 0. The van der Waals surface area contributed by atoms with Crippen LogP contribution in [0.3, 0.4) is 0 Å². The van der Waals surface area contributed by atoms with Crippen LogP contribution in [-0.2, 0) is 0 Å². The Labute approximate surface area is 295 Å². The molecule has 0 saturated carbocycles. The van der Waals surface area contributed by atoms with Crippen molar-refractivity contribution in [2.45, 2.75) is 0 Å². The highest BCUT2D eigenvalue weighted by molar-refractivity contribution is 7.26. The Morgan fingerprint density at radius 2 is 1.04 bits per heavy atom. The van der Waals surface area contributed by atoms with E-state index in [0.29, 0.717) is 17.5 Å². The average Bonchev–Trinajstić information content (AvgIpc) is 3.88. The first kappa shape index (κ1) is 28.2. The van der Waals surface area contributed by atoms with E-state index >= 15 is 0 Å².